The quantitative estimate of drug-likeness (QED) is 0.410. The molecule has 0 aromatic heterocycles. The number of amides is 2. The van der Waals surface area contributed by atoms with Crippen molar-refractivity contribution >= 4 is 51.7 Å². The number of phenols is 1. The zero-order valence-corrected chi connectivity index (χ0v) is 20.6. The van der Waals surface area contributed by atoms with Crippen molar-refractivity contribution in [2.24, 2.45) is 0 Å². The zero-order chi connectivity index (χ0) is 25.1. The molecule has 0 fully saturated rings. The van der Waals surface area contributed by atoms with Crippen molar-refractivity contribution in [1.82, 2.24) is 4.90 Å². The second-order valence-electron chi connectivity index (χ2n) is 8.59. The molecule has 3 aromatic rings. The van der Waals surface area contributed by atoms with Crippen LogP contribution < -0.4 is 15.5 Å². The number of anilines is 3. The van der Waals surface area contributed by atoms with E-state index in [0.29, 0.717) is 28.5 Å². The van der Waals surface area contributed by atoms with Crippen molar-refractivity contribution in [1.29, 1.82) is 0 Å². The molecule has 0 saturated heterocycles. The third-order valence-electron chi connectivity index (χ3n) is 5.73. The van der Waals surface area contributed by atoms with Crippen LogP contribution in [-0.4, -0.2) is 49.0 Å². The van der Waals surface area contributed by atoms with Crippen LogP contribution in [0.15, 0.2) is 66.7 Å². The number of carbonyl (C=O) groups is 2. The van der Waals surface area contributed by atoms with Gasteiger partial charge in [-0.1, -0.05) is 17.7 Å². The molecule has 0 bridgehead atoms. The molecule has 0 atom stereocenters. The molecule has 1 aliphatic heterocycles. The molecule has 4 rings (SSSR count). The first kappa shape index (κ1) is 24.3. The Balaban J connectivity index is 1.72. The smallest absolute Gasteiger partial charge is 0.258 e. The predicted octanol–water partition coefficient (Wildman–Crippen LogP) is 4.89. The summed E-state index contributed by atoms with van der Waals surface area (Å²) < 4.78 is 0. The van der Waals surface area contributed by atoms with Gasteiger partial charge in [0.15, 0.2) is 0 Å². The summed E-state index contributed by atoms with van der Waals surface area (Å²) in [6.07, 6.45) is 0. The van der Waals surface area contributed by atoms with Gasteiger partial charge in [0.2, 0.25) is 5.91 Å². The maximum atomic E-state index is 13.0. The number of carbonyl (C=O) groups excluding carboxylic acids is 2. The van der Waals surface area contributed by atoms with Gasteiger partial charge >= 0.3 is 0 Å². The fraction of sp³-hybridized carbons (Fsp3) is 0.185. The van der Waals surface area contributed by atoms with Gasteiger partial charge in [0.25, 0.3) is 5.91 Å². The van der Waals surface area contributed by atoms with Crippen LogP contribution in [-0.2, 0) is 9.59 Å². The molecule has 1 aliphatic rings. The summed E-state index contributed by atoms with van der Waals surface area (Å²) in [7, 11) is 3.93. The lowest BCUT2D eigenvalue weighted by molar-refractivity contribution is -0.116. The van der Waals surface area contributed by atoms with Crippen molar-refractivity contribution in [3.63, 3.8) is 0 Å². The fourth-order valence-electron chi connectivity index (χ4n) is 3.94. The van der Waals surface area contributed by atoms with Crippen LogP contribution in [0.4, 0.5) is 17.1 Å². The van der Waals surface area contributed by atoms with E-state index in [9.17, 15) is 14.7 Å². The van der Waals surface area contributed by atoms with E-state index in [1.165, 1.54) is 0 Å². The molecule has 1 heterocycles. The van der Waals surface area contributed by atoms with Gasteiger partial charge in [-0.05, 0) is 80.3 Å². The molecule has 8 heteroatoms. The van der Waals surface area contributed by atoms with Crippen molar-refractivity contribution in [3.05, 3.63) is 82.9 Å². The lowest BCUT2D eigenvalue weighted by Gasteiger charge is -2.23. The van der Waals surface area contributed by atoms with Crippen molar-refractivity contribution in [2.75, 3.05) is 42.7 Å². The summed E-state index contributed by atoms with van der Waals surface area (Å²) >= 11 is 6.12. The molecule has 0 unspecified atom stereocenters. The number of halogens is 1. The molecule has 3 aromatic carbocycles. The first-order chi connectivity index (χ1) is 16.7. The lowest BCUT2D eigenvalue weighted by Crippen LogP contribution is -2.35. The Hall–Kier alpha value is -3.81. The monoisotopic (exact) mass is 490 g/mol. The van der Waals surface area contributed by atoms with Crippen LogP contribution >= 0.6 is 11.6 Å². The van der Waals surface area contributed by atoms with E-state index in [1.807, 2.05) is 49.3 Å². The molecule has 0 radical (unpaired) electrons. The fourth-order valence-corrected chi connectivity index (χ4v) is 4.11. The molecular weight excluding hydrogens is 464 g/mol. The largest absolute Gasteiger partial charge is 0.508 e. The standard InChI is InChI=1S/C27H27ClN4O3/c1-17(33)32(15-14-31(2)3)21-9-7-20(8-10-21)29-26(18-4-11-22(34)12-5-18)25-23-13-6-19(28)16-24(23)30-27(25)35/h4-13,16,29,34H,14-15H2,1-3H3,(H,30,35)/b26-25-. The average molecular weight is 491 g/mol. The van der Waals surface area contributed by atoms with Crippen LogP contribution in [0, 0.1) is 0 Å². The van der Waals surface area contributed by atoms with Gasteiger partial charge in [0.1, 0.15) is 5.75 Å². The number of nitrogens with zero attached hydrogens (tertiary/aromatic N) is 2. The van der Waals surface area contributed by atoms with Crippen molar-refractivity contribution < 1.29 is 14.7 Å². The third kappa shape index (κ3) is 5.48. The number of benzene rings is 3. The topological polar surface area (TPSA) is 84.9 Å². The van der Waals surface area contributed by atoms with E-state index in [1.54, 1.807) is 48.2 Å². The Morgan fingerprint density at radius 2 is 1.69 bits per heavy atom. The molecule has 7 nitrogen and oxygen atoms in total. The highest BCUT2D eigenvalue weighted by Gasteiger charge is 2.28. The van der Waals surface area contributed by atoms with E-state index in [2.05, 4.69) is 10.6 Å². The minimum atomic E-state index is -0.249. The Bertz CT molecular complexity index is 1280. The second kappa shape index (κ2) is 10.2. The maximum Gasteiger partial charge on any atom is 0.258 e. The van der Waals surface area contributed by atoms with Crippen LogP contribution in [0.25, 0.3) is 11.3 Å². The second-order valence-corrected chi connectivity index (χ2v) is 9.02. The van der Waals surface area contributed by atoms with Gasteiger partial charge in [-0.2, -0.15) is 0 Å². The number of likely N-dealkylation sites (N-methyl/N-ethyl adjacent to an activating group) is 1. The number of hydrogen-bond acceptors (Lipinski definition) is 5. The summed E-state index contributed by atoms with van der Waals surface area (Å²) in [5, 5.41) is 16.6. The number of aromatic hydroxyl groups is 1. The van der Waals surface area contributed by atoms with Crippen LogP contribution in [0.5, 0.6) is 5.75 Å². The predicted molar refractivity (Wildman–Crippen MR) is 142 cm³/mol. The highest BCUT2D eigenvalue weighted by atomic mass is 35.5. The zero-order valence-electron chi connectivity index (χ0n) is 19.8. The van der Waals surface area contributed by atoms with E-state index in [0.717, 1.165) is 29.0 Å². The minimum Gasteiger partial charge on any atom is -0.508 e. The molecule has 3 N–H and O–H groups in total. The van der Waals surface area contributed by atoms with Gasteiger partial charge in [0.05, 0.1) is 17.0 Å². The van der Waals surface area contributed by atoms with Crippen LogP contribution in [0.2, 0.25) is 5.02 Å². The maximum absolute atomic E-state index is 13.0. The summed E-state index contributed by atoms with van der Waals surface area (Å²) in [6, 6.07) is 19.4. The summed E-state index contributed by atoms with van der Waals surface area (Å²) in [4.78, 5) is 29.0. The van der Waals surface area contributed by atoms with Gasteiger partial charge < -0.3 is 25.5 Å². The van der Waals surface area contributed by atoms with Gasteiger partial charge in [-0.3, -0.25) is 9.59 Å². The number of phenolic OH excluding ortho intramolecular Hbond substituents is 1. The highest BCUT2D eigenvalue weighted by molar-refractivity contribution is 6.38. The summed E-state index contributed by atoms with van der Waals surface area (Å²) in [6.45, 7) is 2.88. The van der Waals surface area contributed by atoms with Gasteiger partial charge in [-0.15, -0.1) is 0 Å². The van der Waals surface area contributed by atoms with E-state index < -0.39 is 0 Å². The van der Waals surface area contributed by atoms with Crippen molar-refractivity contribution in [3.8, 4) is 5.75 Å². The van der Waals surface area contributed by atoms with Crippen LogP contribution in [0.3, 0.4) is 0 Å². The van der Waals surface area contributed by atoms with Crippen molar-refractivity contribution in [2.45, 2.75) is 6.92 Å². The molecule has 0 spiro atoms. The van der Waals surface area contributed by atoms with Crippen LogP contribution in [0.1, 0.15) is 18.1 Å². The first-order valence-corrected chi connectivity index (χ1v) is 11.6. The summed E-state index contributed by atoms with van der Waals surface area (Å²) in [5.41, 5.74) is 4.71. The molecule has 2 amide bonds. The number of hydrogen-bond donors (Lipinski definition) is 3. The Kier molecular flexibility index (Phi) is 7.10. The highest BCUT2D eigenvalue weighted by Crippen LogP contribution is 2.39. The molecular formula is C27H27ClN4O3. The minimum absolute atomic E-state index is 0.0302. The Morgan fingerprint density at radius 1 is 1.00 bits per heavy atom. The molecule has 35 heavy (non-hydrogen) atoms. The SMILES string of the molecule is CC(=O)N(CCN(C)C)c1ccc(N/C(=C2\C(=O)Nc3cc(Cl)ccc32)c2ccc(O)cc2)cc1. The van der Waals surface area contributed by atoms with Gasteiger partial charge in [-0.25, -0.2) is 0 Å². The Morgan fingerprint density at radius 3 is 2.31 bits per heavy atom. The van der Waals surface area contributed by atoms with Gasteiger partial charge in [0, 0.05) is 42.0 Å². The number of rotatable bonds is 7. The van der Waals surface area contributed by atoms with E-state index in [-0.39, 0.29) is 17.6 Å². The third-order valence-corrected chi connectivity index (χ3v) is 5.97. The first-order valence-electron chi connectivity index (χ1n) is 11.2. The molecule has 0 aliphatic carbocycles. The number of fused-ring (bicyclic) bond motifs is 1. The Labute approximate surface area is 209 Å². The van der Waals surface area contributed by atoms with E-state index >= 15 is 0 Å². The molecule has 0 saturated carbocycles. The number of nitrogens with one attached hydrogen (secondary N) is 2. The molecule has 180 valence electrons. The average Bonchev–Trinajstić information content (AvgIpc) is 3.13. The normalized spacial score (nSPS) is 13.9. The lowest BCUT2D eigenvalue weighted by atomic mass is 10.00. The summed E-state index contributed by atoms with van der Waals surface area (Å²) in [5.74, 6) is -0.147. The van der Waals surface area contributed by atoms with E-state index in [4.69, 9.17) is 11.6 Å².